The average Bonchev–Trinajstić information content (AvgIpc) is 3.53. The number of carbonyl (C=O) groups excluding carboxylic acids is 2. The van der Waals surface area contributed by atoms with E-state index < -0.39 is 6.29 Å². The summed E-state index contributed by atoms with van der Waals surface area (Å²) in [4.78, 5) is 29.9. The SMILES string of the molecule is Nc1ccccc1NC(=O)CCCCC(=O)Nc1cccc([C@@H]2O[C@H](CSc3nc4ccccc4s3)C[C@H](c3ccc(CO)cc3)O2)c1. The number of aliphatic hydroxyl groups is 1. The number of carbonyl (C=O) groups is 2. The number of aliphatic hydroxyl groups excluding tert-OH is 1. The molecule has 2 heterocycles. The first-order valence-electron chi connectivity index (χ1n) is 16.0. The van der Waals surface area contributed by atoms with Gasteiger partial charge in [0.15, 0.2) is 10.6 Å². The Balaban J connectivity index is 1.06. The molecule has 9 nitrogen and oxygen atoms in total. The fraction of sp³-hybridized carbons (Fsp3) is 0.270. The third-order valence-electron chi connectivity index (χ3n) is 8.02. The van der Waals surface area contributed by atoms with Crippen LogP contribution in [0, 0.1) is 0 Å². The zero-order valence-corrected chi connectivity index (χ0v) is 28.0. The number of amides is 2. The molecule has 0 spiro atoms. The Kier molecular flexibility index (Phi) is 11.4. The summed E-state index contributed by atoms with van der Waals surface area (Å²) in [5.41, 5.74) is 11.3. The van der Waals surface area contributed by atoms with Gasteiger partial charge in [0, 0.05) is 36.3 Å². The number of hydrogen-bond acceptors (Lipinski definition) is 9. The number of thioether (sulfide) groups is 1. The van der Waals surface area contributed by atoms with Gasteiger partial charge in [0.25, 0.3) is 0 Å². The van der Waals surface area contributed by atoms with Crippen molar-refractivity contribution in [1.29, 1.82) is 0 Å². The van der Waals surface area contributed by atoms with Crippen LogP contribution in [-0.4, -0.2) is 33.8 Å². The van der Waals surface area contributed by atoms with Crippen LogP contribution < -0.4 is 16.4 Å². The first-order valence-corrected chi connectivity index (χ1v) is 17.8. The number of nitrogen functional groups attached to an aromatic ring is 1. The Morgan fingerprint density at radius 1 is 0.875 bits per heavy atom. The third kappa shape index (κ3) is 9.00. The maximum Gasteiger partial charge on any atom is 0.224 e. The molecule has 248 valence electrons. The highest BCUT2D eigenvalue weighted by atomic mass is 32.2. The van der Waals surface area contributed by atoms with Gasteiger partial charge >= 0.3 is 0 Å². The van der Waals surface area contributed by atoms with E-state index in [1.54, 1.807) is 35.2 Å². The van der Waals surface area contributed by atoms with Crippen LogP contribution in [0.15, 0.2) is 101 Å². The zero-order chi connectivity index (χ0) is 33.3. The van der Waals surface area contributed by atoms with Crippen molar-refractivity contribution in [2.75, 3.05) is 22.1 Å². The van der Waals surface area contributed by atoms with Crippen molar-refractivity contribution in [3.8, 4) is 0 Å². The molecule has 5 N–H and O–H groups in total. The Morgan fingerprint density at radius 2 is 1.62 bits per heavy atom. The number of hydrogen-bond donors (Lipinski definition) is 4. The Morgan fingerprint density at radius 3 is 2.40 bits per heavy atom. The third-order valence-corrected chi connectivity index (χ3v) is 10.3. The highest BCUT2D eigenvalue weighted by Crippen LogP contribution is 2.40. The van der Waals surface area contributed by atoms with Gasteiger partial charge in [-0.2, -0.15) is 0 Å². The molecular formula is C37H38N4O5S2. The zero-order valence-electron chi connectivity index (χ0n) is 26.3. The highest BCUT2D eigenvalue weighted by Gasteiger charge is 2.32. The lowest BCUT2D eigenvalue weighted by molar-refractivity contribution is -0.245. The predicted molar refractivity (Wildman–Crippen MR) is 192 cm³/mol. The molecular weight excluding hydrogens is 645 g/mol. The van der Waals surface area contributed by atoms with Crippen LogP contribution in [-0.2, 0) is 25.7 Å². The summed E-state index contributed by atoms with van der Waals surface area (Å²) >= 11 is 3.36. The molecule has 1 aliphatic rings. The highest BCUT2D eigenvalue weighted by molar-refractivity contribution is 8.01. The van der Waals surface area contributed by atoms with Crippen molar-refractivity contribution in [1.82, 2.24) is 4.98 Å². The van der Waals surface area contributed by atoms with Crippen LogP contribution in [0.4, 0.5) is 17.1 Å². The number of para-hydroxylation sites is 3. The minimum atomic E-state index is -0.642. The Hall–Kier alpha value is -4.26. The minimum absolute atomic E-state index is 0.0172. The van der Waals surface area contributed by atoms with Crippen molar-refractivity contribution < 1.29 is 24.2 Å². The second kappa shape index (κ2) is 16.2. The molecule has 1 saturated heterocycles. The summed E-state index contributed by atoms with van der Waals surface area (Å²) in [6.07, 6.45) is 1.43. The second-order valence-electron chi connectivity index (χ2n) is 11.6. The number of aromatic nitrogens is 1. The molecule has 0 bridgehead atoms. The lowest BCUT2D eigenvalue weighted by Gasteiger charge is -2.36. The number of benzene rings is 4. The Bertz CT molecular complexity index is 1810. The van der Waals surface area contributed by atoms with Crippen molar-refractivity contribution in [3.05, 3.63) is 114 Å². The average molecular weight is 683 g/mol. The lowest BCUT2D eigenvalue weighted by Crippen LogP contribution is -2.31. The standard InChI is InChI=1S/C37H38N4O5S2/c38-29-10-1-2-11-30(29)40-35(44)15-6-5-14-34(43)39-27-9-7-8-26(20-27)36-45-28(21-32(46-36)25-18-16-24(22-42)17-19-25)23-47-37-41-31-12-3-4-13-33(31)48-37/h1-4,7-13,16-20,28,32,36,42H,5-6,14-15,21-23,38H2,(H,39,43)(H,40,44)/t28-,32+,36+/m0/s1. The molecule has 48 heavy (non-hydrogen) atoms. The number of thiazole rings is 1. The molecule has 4 aromatic carbocycles. The van der Waals surface area contributed by atoms with Gasteiger partial charge in [0.05, 0.1) is 40.4 Å². The maximum absolute atomic E-state index is 12.8. The summed E-state index contributed by atoms with van der Waals surface area (Å²) in [5, 5.41) is 15.3. The van der Waals surface area contributed by atoms with Gasteiger partial charge in [0.1, 0.15) is 0 Å². The molecule has 0 radical (unpaired) electrons. The monoisotopic (exact) mass is 682 g/mol. The molecule has 2 amide bonds. The number of nitrogens with two attached hydrogens (primary N) is 1. The molecule has 5 aromatic rings. The van der Waals surface area contributed by atoms with Gasteiger partial charge in [-0.3, -0.25) is 9.59 Å². The van der Waals surface area contributed by atoms with E-state index in [9.17, 15) is 14.7 Å². The maximum atomic E-state index is 12.8. The van der Waals surface area contributed by atoms with Crippen molar-refractivity contribution in [3.63, 3.8) is 0 Å². The van der Waals surface area contributed by atoms with Crippen LogP contribution >= 0.6 is 23.1 Å². The summed E-state index contributed by atoms with van der Waals surface area (Å²) in [6, 6.07) is 30.6. The van der Waals surface area contributed by atoms with Gasteiger partial charge in [-0.05, 0) is 60.4 Å². The van der Waals surface area contributed by atoms with Crippen molar-refractivity contribution >= 4 is 62.2 Å². The smallest absolute Gasteiger partial charge is 0.224 e. The number of nitrogens with one attached hydrogen (secondary N) is 2. The first-order chi connectivity index (χ1) is 23.4. The predicted octanol–water partition coefficient (Wildman–Crippen LogP) is 7.85. The minimum Gasteiger partial charge on any atom is -0.397 e. The van der Waals surface area contributed by atoms with E-state index in [1.165, 1.54) is 0 Å². The fourth-order valence-electron chi connectivity index (χ4n) is 5.48. The van der Waals surface area contributed by atoms with E-state index in [-0.39, 0.29) is 30.6 Å². The topological polar surface area (TPSA) is 136 Å². The van der Waals surface area contributed by atoms with Gasteiger partial charge in [0.2, 0.25) is 11.8 Å². The summed E-state index contributed by atoms with van der Waals surface area (Å²) in [6.45, 7) is -0.0172. The molecule has 0 saturated carbocycles. The molecule has 1 aromatic heterocycles. The van der Waals surface area contributed by atoms with Crippen LogP contribution in [0.3, 0.4) is 0 Å². The first kappa shape index (κ1) is 33.6. The van der Waals surface area contributed by atoms with Crippen LogP contribution in [0.25, 0.3) is 10.2 Å². The quantitative estimate of drug-likeness (QED) is 0.0560. The van der Waals surface area contributed by atoms with E-state index in [1.807, 2.05) is 78.9 Å². The van der Waals surface area contributed by atoms with Gasteiger partial charge in [-0.15, -0.1) is 11.3 Å². The molecule has 0 unspecified atom stereocenters. The summed E-state index contributed by atoms with van der Waals surface area (Å²) in [5.74, 6) is 0.447. The number of rotatable bonds is 13. The van der Waals surface area contributed by atoms with E-state index in [4.69, 9.17) is 20.2 Å². The Labute approximate surface area is 287 Å². The fourth-order valence-corrected chi connectivity index (χ4v) is 7.59. The summed E-state index contributed by atoms with van der Waals surface area (Å²) < 4.78 is 15.2. The van der Waals surface area contributed by atoms with E-state index in [0.717, 1.165) is 31.2 Å². The van der Waals surface area contributed by atoms with Crippen LogP contribution in [0.2, 0.25) is 0 Å². The van der Waals surface area contributed by atoms with Gasteiger partial charge < -0.3 is 30.9 Å². The van der Waals surface area contributed by atoms with Gasteiger partial charge in [-0.1, -0.05) is 72.4 Å². The van der Waals surface area contributed by atoms with E-state index in [0.29, 0.717) is 54.9 Å². The number of ether oxygens (including phenoxy) is 2. The van der Waals surface area contributed by atoms with Gasteiger partial charge in [-0.25, -0.2) is 4.98 Å². The number of anilines is 3. The van der Waals surface area contributed by atoms with Crippen LogP contribution in [0.1, 0.15) is 61.2 Å². The van der Waals surface area contributed by atoms with Crippen molar-refractivity contribution in [2.24, 2.45) is 0 Å². The second-order valence-corrected chi connectivity index (χ2v) is 13.9. The molecule has 11 heteroatoms. The van der Waals surface area contributed by atoms with Crippen LogP contribution in [0.5, 0.6) is 0 Å². The molecule has 0 aliphatic carbocycles. The molecule has 6 rings (SSSR count). The number of unbranched alkanes of at least 4 members (excludes halogenated alkanes) is 1. The number of fused-ring (bicyclic) bond motifs is 1. The summed E-state index contributed by atoms with van der Waals surface area (Å²) in [7, 11) is 0. The number of nitrogens with zero attached hydrogens (tertiary/aromatic N) is 1. The normalized spacial score (nSPS) is 17.6. The molecule has 3 atom stereocenters. The van der Waals surface area contributed by atoms with E-state index in [2.05, 4.69) is 16.7 Å². The molecule has 1 fully saturated rings. The van der Waals surface area contributed by atoms with Crippen molar-refractivity contribution in [2.45, 2.75) is 61.5 Å². The molecule has 1 aliphatic heterocycles. The lowest BCUT2D eigenvalue weighted by atomic mass is 10.0. The van der Waals surface area contributed by atoms with E-state index >= 15 is 0 Å². The largest absolute Gasteiger partial charge is 0.397 e.